The Hall–Kier alpha value is -2.42. The Morgan fingerprint density at radius 3 is 2.69 bits per heavy atom. The van der Waals surface area contributed by atoms with Gasteiger partial charge in [-0.25, -0.2) is 8.42 Å². The van der Waals surface area contributed by atoms with Crippen molar-refractivity contribution in [2.45, 2.75) is 24.2 Å². The molecule has 0 spiro atoms. The average Bonchev–Trinajstić information content (AvgIpc) is 3.21. The number of aryl methyl sites for hydroxylation is 2. The summed E-state index contributed by atoms with van der Waals surface area (Å²) in [5.74, 6) is 0.330. The van der Waals surface area contributed by atoms with Crippen LogP contribution in [0.4, 0.5) is 5.69 Å². The Morgan fingerprint density at radius 2 is 1.86 bits per heavy atom. The highest BCUT2D eigenvalue weighted by Crippen LogP contribution is 2.26. The van der Waals surface area contributed by atoms with E-state index in [1.807, 2.05) is 12.1 Å². The van der Waals surface area contributed by atoms with Crippen molar-refractivity contribution >= 4 is 21.6 Å². The number of nitrogens with one attached hydrogen (secondary N) is 1. The van der Waals surface area contributed by atoms with Crippen LogP contribution < -0.4 is 10.1 Å². The number of amides is 1. The van der Waals surface area contributed by atoms with Crippen molar-refractivity contribution in [3.8, 4) is 5.75 Å². The van der Waals surface area contributed by atoms with E-state index in [4.69, 9.17) is 9.47 Å². The molecule has 1 N–H and O–H groups in total. The van der Waals surface area contributed by atoms with Gasteiger partial charge >= 0.3 is 0 Å². The van der Waals surface area contributed by atoms with E-state index in [2.05, 4.69) is 11.4 Å². The third kappa shape index (κ3) is 4.60. The second-order valence-electron chi connectivity index (χ2n) is 7.17. The van der Waals surface area contributed by atoms with Crippen molar-refractivity contribution in [2.24, 2.45) is 0 Å². The predicted molar refractivity (Wildman–Crippen MR) is 109 cm³/mol. The van der Waals surface area contributed by atoms with E-state index < -0.39 is 10.0 Å². The highest BCUT2D eigenvalue weighted by Gasteiger charge is 2.26. The van der Waals surface area contributed by atoms with E-state index in [9.17, 15) is 13.2 Å². The first-order chi connectivity index (χ1) is 14.0. The number of carbonyl (C=O) groups is 1. The van der Waals surface area contributed by atoms with E-state index in [0.29, 0.717) is 37.7 Å². The summed E-state index contributed by atoms with van der Waals surface area (Å²) in [5, 5.41) is 2.71. The molecular weight excluding hydrogens is 392 g/mol. The maximum atomic E-state index is 12.8. The summed E-state index contributed by atoms with van der Waals surface area (Å²) in [5.41, 5.74) is 3.05. The smallest absolute Gasteiger partial charge is 0.262 e. The van der Waals surface area contributed by atoms with Gasteiger partial charge < -0.3 is 14.8 Å². The minimum Gasteiger partial charge on any atom is -0.484 e. The number of benzene rings is 2. The van der Waals surface area contributed by atoms with Crippen LogP contribution >= 0.6 is 0 Å². The molecule has 1 saturated heterocycles. The summed E-state index contributed by atoms with van der Waals surface area (Å²) in [6.07, 6.45) is 3.30. The predicted octanol–water partition coefficient (Wildman–Crippen LogP) is 2.21. The standard InChI is InChI=1S/C21H24N2O5S/c24-21(15-28-19-8-7-16-3-1-4-17(16)13-19)22-18-5-2-6-20(14-18)29(25,26)23-9-11-27-12-10-23/h2,5-8,13-14H,1,3-4,9-12,15H2,(H,22,24). The molecule has 1 aliphatic heterocycles. The first kappa shape index (κ1) is 19.9. The number of rotatable bonds is 6. The van der Waals surface area contributed by atoms with Crippen LogP contribution in [0, 0.1) is 0 Å². The molecule has 1 fully saturated rings. The second-order valence-corrected chi connectivity index (χ2v) is 9.10. The van der Waals surface area contributed by atoms with Crippen molar-refractivity contribution in [2.75, 3.05) is 38.2 Å². The van der Waals surface area contributed by atoms with Crippen LogP contribution in [0.25, 0.3) is 0 Å². The quantitative estimate of drug-likeness (QED) is 0.781. The van der Waals surface area contributed by atoms with Crippen molar-refractivity contribution in [1.29, 1.82) is 0 Å². The molecule has 0 saturated carbocycles. The fourth-order valence-electron chi connectivity index (χ4n) is 3.65. The summed E-state index contributed by atoms with van der Waals surface area (Å²) in [6, 6.07) is 12.2. The Labute approximate surface area is 170 Å². The van der Waals surface area contributed by atoms with E-state index >= 15 is 0 Å². The molecule has 2 aromatic carbocycles. The van der Waals surface area contributed by atoms with Gasteiger partial charge in [0.15, 0.2) is 6.61 Å². The minimum absolute atomic E-state index is 0.140. The van der Waals surface area contributed by atoms with Gasteiger partial charge in [-0.3, -0.25) is 4.79 Å². The Morgan fingerprint density at radius 1 is 1.07 bits per heavy atom. The third-order valence-electron chi connectivity index (χ3n) is 5.17. The molecule has 7 nitrogen and oxygen atoms in total. The first-order valence-electron chi connectivity index (χ1n) is 9.75. The molecule has 154 valence electrons. The van der Waals surface area contributed by atoms with Crippen LogP contribution in [-0.4, -0.2) is 51.5 Å². The maximum absolute atomic E-state index is 12.8. The fraction of sp³-hybridized carbons (Fsp3) is 0.381. The lowest BCUT2D eigenvalue weighted by Gasteiger charge is -2.26. The molecule has 29 heavy (non-hydrogen) atoms. The number of sulfonamides is 1. The molecule has 8 heteroatoms. The van der Waals surface area contributed by atoms with Gasteiger partial charge in [0.1, 0.15) is 5.75 Å². The lowest BCUT2D eigenvalue weighted by molar-refractivity contribution is -0.118. The van der Waals surface area contributed by atoms with Crippen LogP contribution in [0.5, 0.6) is 5.75 Å². The van der Waals surface area contributed by atoms with Gasteiger partial charge in [0.25, 0.3) is 5.91 Å². The van der Waals surface area contributed by atoms with Crippen molar-refractivity contribution in [1.82, 2.24) is 4.31 Å². The van der Waals surface area contributed by atoms with Gasteiger partial charge in [-0.05, 0) is 60.7 Å². The first-order valence-corrected chi connectivity index (χ1v) is 11.2. The second kappa shape index (κ2) is 8.52. The third-order valence-corrected chi connectivity index (χ3v) is 7.06. The molecule has 0 bridgehead atoms. The van der Waals surface area contributed by atoms with Gasteiger partial charge in [0.2, 0.25) is 10.0 Å². The van der Waals surface area contributed by atoms with E-state index in [1.165, 1.54) is 27.6 Å². The SMILES string of the molecule is O=C(COc1ccc2c(c1)CCC2)Nc1cccc(S(=O)(=O)N2CCOCC2)c1. The molecule has 2 aromatic rings. The number of carbonyl (C=O) groups excluding carboxylic acids is 1. The van der Waals surface area contributed by atoms with Crippen LogP contribution in [-0.2, 0) is 32.4 Å². The summed E-state index contributed by atoms with van der Waals surface area (Å²) >= 11 is 0. The van der Waals surface area contributed by atoms with Crippen LogP contribution in [0.15, 0.2) is 47.4 Å². The summed E-state index contributed by atoms with van der Waals surface area (Å²) in [6.45, 7) is 1.28. The molecule has 2 aliphatic rings. The van der Waals surface area contributed by atoms with Crippen LogP contribution in [0.2, 0.25) is 0 Å². The molecule has 4 rings (SSSR count). The van der Waals surface area contributed by atoms with E-state index in [0.717, 1.165) is 19.3 Å². The number of anilines is 1. The van der Waals surface area contributed by atoms with Crippen LogP contribution in [0.3, 0.4) is 0 Å². The average molecular weight is 416 g/mol. The number of morpholine rings is 1. The zero-order chi connectivity index (χ0) is 20.3. The van der Waals surface area contributed by atoms with Gasteiger partial charge in [0, 0.05) is 18.8 Å². The van der Waals surface area contributed by atoms with Crippen LogP contribution in [0.1, 0.15) is 17.5 Å². The zero-order valence-corrected chi connectivity index (χ0v) is 16.9. The topological polar surface area (TPSA) is 84.9 Å². The number of nitrogens with zero attached hydrogens (tertiary/aromatic N) is 1. The maximum Gasteiger partial charge on any atom is 0.262 e. The molecular formula is C21H24N2O5S. The molecule has 1 amide bonds. The Bertz CT molecular complexity index is 1000. The number of fused-ring (bicyclic) bond motifs is 1. The molecule has 1 aliphatic carbocycles. The normalized spacial score (nSPS) is 17.0. The summed E-state index contributed by atoms with van der Waals surface area (Å²) in [7, 11) is -3.61. The van der Waals surface area contributed by atoms with Crippen molar-refractivity contribution in [3.63, 3.8) is 0 Å². The number of ether oxygens (including phenoxy) is 2. The van der Waals surface area contributed by atoms with Gasteiger partial charge in [0.05, 0.1) is 18.1 Å². The monoisotopic (exact) mass is 416 g/mol. The molecule has 0 unspecified atom stereocenters. The summed E-state index contributed by atoms with van der Waals surface area (Å²) < 4.78 is 37.7. The van der Waals surface area contributed by atoms with Crippen molar-refractivity contribution in [3.05, 3.63) is 53.6 Å². The molecule has 0 atom stereocenters. The Kier molecular flexibility index (Phi) is 5.84. The molecule has 1 heterocycles. The van der Waals surface area contributed by atoms with E-state index in [-0.39, 0.29) is 17.4 Å². The molecule has 0 aromatic heterocycles. The Balaban J connectivity index is 1.38. The summed E-state index contributed by atoms with van der Waals surface area (Å²) in [4.78, 5) is 12.4. The number of hydrogen-bond acceptors (Lipinski definition) is 5. The van der Waals surface area contributed by atoms with Crippen molar-refractivity contribution < 1.29 is 22.7 Å². The highest BCUT2D eigenvalue weighted by atomic mass is 32.2. The highest BCUT2D eigenvalue weighted by molar-refractivity contribution is 7.89. The van der Waals surface area contributed by atoms with E-state index in [1.54, 1.807) is 12.1 Å². The van der Waals surface area contributed by atoms with Gasteiger partial charge in [-0.15, -0.1) is 0 Å². The van der Waals surface area contributed by atoms with Gasteiger partial charge in [-0.1, -0.05) is 12.1 Å². The largest absolute Gasteiger partial charge is 0.484 e. The lowest BCUT2D eigenvalue weighted by Crippen LogP contribution is -2.40. The zero-order valence-electron chi connectivity index (χ0n) is 16.1. The minimum atomic E-state index is -3.61. The number of hydrogen-bond donors (Lipinski definition) is 1. The van der Waals surface area contributed by atoms with Gasteiger partial charge in [-0.2, -0.15) is 4.31 Å². The lowest BCUT2D eigenvalue weighted by atomic mass is 10.1. The molecule has 0 radical (unpaired) electrons. The fourth-order valence-corrected chi connectivity index (χ4v) is 5.11.